The van der Waals surface area contributed by atoms with Crippen molar-refractivity contribution in [3.05, 3.63) is 24.8 Å². The zero-order chi connectivity index (χ0) is 14.3. The van der Waals surface area contributed by atoms with E-state index in [2.05, 4.69) is 19.6 Å². The van der Waals surface area contributed by atoms with Crippen LogP contribution in [0.25, 0.3) is 0 Å². The van der Waals surface area contributed by atoms with E-state index in [1.54, 1.807) is 6.08 Å². The summed E-state index contributed by atoms with van der Waals surface area (Å²) >= 11 is 0. The van der Waals surface area contributed by atoms with Crippen LogP contribution in [0.5, 0.6) is 0 Å². The van der Waals surface area contributed by atoms with Crippen molar-refractivity contribution in [1.29, 1.82) is 0 Å². The maximum atomic E-state index is 9.75. The van der Waals surface area contributed by atoms with Crippen LogP contribution in [0.1, 0.15) is 71.1 Å². The first kappa shape index (κ1) is 18.4. The molecule has 2 heteroatoms. The molecule has 0 aromatic heterocycles. The molecule has 2 atom stereocenters. The predicted molar refractivity (Wildman–Crippen MR) is 83.2 cm³/mol. The highest BCUT2D eigenvalue weighted by molar-refractivity contribution is 4.88. The van der Waals surface area contributed by atoms with Crippen molar-refractivity contribution in [3.8, 4) is 0 Å². The molecule has 2 N–H and O–H groups in total. The van der Waals surface area contributed by atoms with Gasteiger partial charge in [-0.25, -0.2) is 0 Å². The Morgan fingerprint density at radius 1 is 0.895 bits per heavy atom. The Morgan fingerprint density at radius 2 is 1.53 bits per heavy atom. The number of allylic oxidation sites excluding steroid dienone is 1. The Balaban J connectivity index is 3.36. The molecule has 0 aliphatic rings. The highest BCUT2D eigenvalue weighted by Crippen LogP contribution is 2.09. The van der Waals surface area contributed by atoms with Crippen molar-refractivity contribution in [1.82, 2.24) is 0 Å². The topological polar surface area (TPSA) is 40.5 Å². The van der Waals surface area contributed by atoms with Gasteiger partial charge < -0.3 is 10.2 Å². The first-order valence-electron chi connectivity index (χ1n) is 7.86. The van der Waals surface area contributed by atoms with Crippen LogP contribution in [0.15, 0.2) is 24.8 Å². The van der Waals surface area contributed by atoms with Crippen LogP contribution >= 0.6 is 0 Å². The number of hydrogen-bond acceptors (Lipinski definition) is 2. The Bertz CT molecular complexity index is 223. The molecule has 0 fully saturated rings. The van der Waals surface area contributed by atoms with Gasteiger partial charge in [-0.3, -0.25) is 0 Å². The summed E-state index contributed by atoms with van der Waals surface area (Å²) in [5.41, 5.74) is 0. The van der Waals surface area contributed by atoms with Crippen molar-refractivity contribution >= 4 is 0 Å². The number of aliphatic hydroxyl groups excluding tert-OH is 2. The van der Waals surface area contributed by atoms with Gasteiger partial charge in [0, 0.05) is 0 Å². The molecule has 0 aliphatic carbocycles. The summed E-state index contributed by atoms with van der Waals surface area (Å²) in [5, 5.41) is 19.0. The zero-order valence-corrected chi connectivity index (χ0v) is 12.6. The van der Waals surface area contributed by atoms with Gasteiger partial charge in [-0.2, -0.15) is 0 Å². The lowest BCUT2D eigenvalue weighted by atomic mass is 10.1. The molecule has 0 radical (unpaired) electrons. The monoisotopic (exact) mass is 268 g/mol. The van der Waals surface area contributed by atoms with Crippen molar-refractivity contribution < 1.29 is 10.2 Å². The summed E-state index contributed by atoms with van der Waals surface area (Å²) in [5.74, 6) is 0. The van der Waals surface area contributed by atoms with Crippen LogP contribution in [0.2, 0.25) is 0 Å². The maximum absolute atomic E-state index is 9.75. The van der Waals surface area contributed by atoms with Gasteiger partial charge in [-0.05, 0) is 25.7 Å². The predicted octanol–water partition coefficient (Wildman–Crippen LogP) is 4.37. The molecule has 0 spiro atoms. The second-order valence-corrected chi connectivity index (χ2v) is 5.29. The van der Waals surface area contributed by atoms with Gasteiger partial charge in [0.25, 0.3) is 0 Å². The molecule has 2 nitrogen and oxygen atoms in total. The average Bonchev–Trinajstić information content (AvgIpc) is 2.42. The van der Waals surface area contributed by atoms with Crippen molar-refractivity contribution in [3.63, 3.8) is 0 Å². The maximum Gasteiger partial charge on any atom is 0.0720 e. The normalized spacial score (nSPS) is 14.7. The Hall–Kier alpha value is -0.600. The Labute approximate surface area is 119 Å². The molecule has 0 aromatic rings. The van der Waals surface area contributed by atoms with Gasteiger partial charge in [-0.1, -0.05) is 63.7 Å². The molecule has 0 aromatic carbocycles. The summed E-state index contributed by atoms with van der Waals surface area (Å²) < 4.78 is 0. The van der Waals surface area contributed by atoms with Crippen molar-refractivity contribution in [2.24, 2.45) is 0 Å². The Kier molecular flexibility index (Phi) is 13.4. The van der Waals surface area contributed by atoms with E-state index in [1.807, 2.05) is 6.08 Å². The van der Waals surface area contributed by atoms with Gasteiger partial charge >= 0.3 is 0 Å². The fraction of sp³-hybridized carbons (Fsp3) is 0.765. The third-order valence-corrected chi connectivity index (χ3v) is 3.35. The van der Waals surface area contributed by atoms with Crippen LogP contribution in [0.3, 0.4) is 0 Å². The fourth-order valence-electron chi connectivity index (χ4n) is 2.04. The summed E-state index contributed by atoms with van der Waals surface area (Å²) in [6, 6.07) is 0. The van der Waals surface area contributed by atoms with E-state index in [1.165, 1.54) is 25.7 Å². The first-order valence-corrected chi connectivity index (χ1v) is 7.86. The summed E-state index contributed by atoms with van der Waals surface area (Å²) in [6.07, 6.45) is 15.9. The van der Waals surface area contributed by atoms with Crippen LogP contribution < -0.4 is 0 Å². The first-order chi connectivity index (χ1) is 9.20. The third-order valence-electron chi connectivity index (χ3n) is 3.35. The van der Waals surface area contributed by atoms with Crippen molar-refractivity contribution in [2.75, 3.05) is 0 Å². The second kappa shape index (κ2) is 13.8. The van der Waals surface area contributed by atoms with E-state index < -0.39 is 0 Å². The van der Waals surface area contributed by atoms with Crippen molar-refractivity contribution in [2.45, 2.75) is 83.3 Å². The average molecular weight is 268 g/mol. The van der Waals surface area contributed by atoms with Crippen LogP contribution in [0.4, 0.5) is 0 Å². The quantitative estimate of drug-likeness (QED) is 0.384. The minimum Gasteiger partial charge on any atom is -0.389 e. The van der Waals surface area contributed by atoms with Gasteiger partial charge in [0.05, 0.1) is 12.2 Å². The van der Waals surface area contributed by atoms with Crippen LogP contribution in [-0.4, -0.2) is 22.4 Å². The summed E-state index contributed by atoms with van der Waals surface area (Å²) in [7, 11) is 0. The molecule has 0 bridgehead atoms. The molecular weight excluding hydrogens is 236 g/mol. The zero-order valence-electron chi connectivity index (χ0n) is 12.6. The number of hydrogen-bond donors (Lipinski definition) is 2. The minimum atomic E-state index is -0.363. The standard InChI is InChI=1S/C17H32O2/c1-3-5-6-7-11-14-17(19)15-12-9-8-10-13-16(18)4-2/h4,12,15-19H,2-3,5-11,13-14H2,1H3. The molecule has 112 valence electrons. The Morgan fingerprint density at radius 3 is 2.21 bits per heavy atom. The second-order valence-electron chi connectivity index (χ2n) is 5.29. The van der Waals surface area contributed by atoms with Gasteiger partial charge in [0.15, 0.2) is 0 Å². The fourth-order valence-corrected chi connectivity index (χ4v) is 2.04. The minimum absolute atomic E-state index is 0.277. The molecule has 0 saturated carbocycles. The third kappa shape index (κ3) is 13.6. The summed E-state index contributed by atoms with van der Waals surface area (Å²) in [4.78, 5) is 0. The van der Waals surface area contributed by atoms with Crippen LogP contribution in [-0.2, 0) is 0 Å². The number of rotatable bonds is 13. The molecule has 2 unspecified atom stereocenters. The molecule has 0 saturated heterocycles. The SMILES string of the molecule is C=CC(O)CCCCC=CC(O)CCCCCCC. The molecular formula is C17H32O2. The molecule has 0 rings (SSSR count). The highest BCUT2D eigenvalue weighted by Gasteiger charge is 1.99. The smallest absolute Gasteiger partial charge is 0.0720 e. The lowest BCUT2D eigenvalue weighted by Crippen LogP contribution is -2.01. The van der Waals surface area contributed by atoms with E-state index in [4.69, 9.17) is 0 Å². The lowest BCUT2D eigenvalue weighted by molar-refractivity contribution is 0.206. The molecule has 0 amide bonds. The van der Waals surface area contributed by atoms with E-state index in [9.17, 15) is 10.2 Å². The molecule has 19 heavy (non-hydrogen) atoms. The van der Waals surface area contributed by atoms with Crippen LogP contribution in [0, 0.1) is 0 Å². The largest absolute Gasteiger partial charge is 0.389 e. The van der Waals surface area contributed by atoms with Gasteiger partial charge in [-0.15, -0.1) is 6.58 Å². The highest BCUT2D eigenvalue weighted by atomic mass is 16.3. The van der Waals surface area contributed by atoms with E-state index in [0.29, 0.717) is 0 Å². The van der Waals surface area contributed by atoms with E-state index in [0.717, 1.165) is 38.5 Å². The lowest BCUT2D eigenvalue weighted by Gasteiger charge is -2.05. The summed E-state index contributed by atoms with van der Waals surface area (Å²) in [6.45, 7) is 5.76. The number of unbranched alkanes of at least 4 members (excludes halogenated alkanes) is 6. The van der Waals surface area contributed by atoms with E-state index in [-0.39, 0.29) is 12.2 Å². The molecule has 0 heterocycles. The van der Waals surface area contributed by atoms with Gasteiger partial charge in [0.1, 0.15) is 0 Å². The number of aliphatic hydroxyl groups is 2. The molecule has 0 aliphatic heterocycles. The van der Waals surface area contributed by atoms with Gasteiger partial charge in [0.2, 0.25) is 0 Å². The van der Waals surface area contributed by atoms with E-state index >= 15 is 0 Å².